The molecule has 1 heterocycles. The smallest absolute Gasteiger partial charge is 0.316 e. The molecular formula is C6H10O3S. The van der Waals surface area contributed by atoms with E-state index in [1.807, 2.05) is 0 Å². The minimum atomic E-state index is -0.753. The minimum Gasteiger partial charge on any atom is -0.480 e. The molecule has 0 aromatic heterocycles. The van der Waals surface area contributed by atoms with Crippen molar-refractivity contribution in [1.29, 1.82) is 0 Å². The Morgan fingerprint density at radius 3 is 2.60 bits per heavy atom. The van der Waals surface area contributed by atoms with Crippen molar-refractivity contribution in [3.8, 4) is 0 Å². The number of thioether (sulfide) groups is 1. The normalized spacial score (nSPS) is 33.7. The van der Waals surface area contributed by atoms with Crippen LogP contribution in [0.2, 0.25) is 0 Å². The molecular weight excluding hydrogens is 152 g/mol. The molecule has 3 nitrogen and oxygen atoms in total. The van der Waals surface area contributed by atoms with Gasteiger partial charge in [0.1, 0.15) is 5.25 Å². The summed E-state index contributed by atoms with van der Waals surface area (Å²) < 4.78 is 0. The van der Waals surface area contributed by atoms with Crippen molar-refractivity contribution in [2.24, 2.45) is 0 Å². The maximum atomic E-state index is 10.4. The molecule has 0 bridgehead atoms. The number of carboxylic acids is 1. The van der Waals surface area contributed by atoms with E-state index in [1.54, 1.807) is 0 Å². The zero-order chi connectivity index (χ0) is 7.56. The molecule has 1 saturated heterocycles. The van der Waals surface area contributed by atoms with Gasteiger partial charge in [-0.05, 0) is 12.8 Å². The van der Waals surface area contributed by atoms with Crippen LogP contribution in [0.5, 0.6) is 0 Å². The van der Waals surface area contributed by atoms with E-state index < -0.39 is 5.97 Å². The molecule has 58 valence electrons. The third-order valence-corrected chi connectivity index (χ3v) is 2.94. The van der Waals surface area contributed by atoms with Gasteiger partial charge in [-0.3, -0.25) is 4.79 Å². The highest BCUT2D eigenvalue weighted by molar-refractivity contribution is 8.00. The Morgan fingerprint density at radius 1 is 1.50 bits per heavy atom. The Bertz CT molecular complexity index is 129. The summed E-state index contributed by atoms with van der Waals surface area (Å²) in [7, 11) is 0. The predicted octanol–water partition coefficient (Wildman–Crippen LogP) is 0.328. The van der Waals surface area contributed by atoms with E-state index in [0.717, 1.165) is 0 Å². The van der Waals surface area contributed by atoms with Crippen LogP contribution in [0, 0.1) is 0 Å². The van der Waals surface area contributed by atoms with E-state index in [9.17, 15) is 4.79 Å². The molecule has 2 N–H and O–H groups in total. The number of aliphatic carboxylic acids is 1. The van der Waals surface area contributed by atoms with Crippen LogP contribution >= 0.6 is 11.8 Å². The van der Waals surface area contributed by atoms with Crippen LogP contribution in [-0.4, -0.2) is 33.3 Å². The summed E-state index contributed by atoms with van der Waals surface area (Å²) in [5, 5.41) is 17.2. The standard InChI is InChI=1S/C6H10O3S/c7-4-1-2-5(6(8)9)10-3-4/h4-5,7H,1-3H2,(H,8,9)/t4-,5+/m0/s1. The molecule has 0 aromatic rings. The fourth-order valence-electron chi connectivity index (χ4n) is 0.932. The molecule has 0 radical (unpaired) electrons. The van der Waals surface area contributed by atoms with Gasteiger partial charge in [0, 0.05) is 5.75 Å². The molecule has 0 aromatic carbocycles. The van der Waals surface area contributed by atoms with E-state index in [2.05, 4.69) is 0 Å². The molecule has 1 fully saturated rings. The van der Waals surface area contributed by atoms with Crippen LogP contribution in [-0.2, 0) is 4.79 Å². The van der Waals surface area contributed by atoms with Gasteiger partial charge in [-0.2, -0.15) is 0 Å². The van der Waals surface area contributed by atoms with E-state index in [4.69, 9.17) is 10.2 Å². The molecule has 0 saturated carbocycles. The van der Waals surface area contributed by atoms with Gasteiger partial charge < -0.3 is 10.2 Å². The Labute approximate surface area is 63.4 Å². The highest BCUT2D eigenvalue weighted by Crippen LogP contribution is 2.25. The van der Waals surface area contributed by atoms with Gasteiger partial charge >= 0.3 is 5.97 Å². The van der Waals surface area contributed by atoms with Crippen LogP contribution in [0.25, 0.3) is 0 Å². The summed E-state index contributed by atoms with van der Waals surface area (Å²) in [5.41, 5.74) is 0. The van der Waals surface area contributed by atoms with Gasteiger partial charge in [-0.15, -0.1) is 11.8 Å². The summed E-state index contributed by atoms with van der Waals surface area (Å²) >= 11 is 1.33. The van der Waals surface area contributed by atoms with E-state index in [-0.39, 0.29) is 11.4 Å². The number of rotatable bonds is 1. The van der Waals surface area contributed by atoms with Gasteiger partial charge in [-0.1, -0.05) is 0 Å². The molecule has 0 aliphatic carbocycles. The molecule has 0 spiro atoms. The van der Waals surface area contributed by atoms with Gasteiger partial charge in [0.05, 0.1) is 6.10 Å². The van der Waals surface area contributed by atoms with Gasteiger partial charge in [0.25, 0.3) is 0 Å². The first-order chi connectivity index (χ1) is 4.70. The third-order valence-electron chi connectivity index (χ3n) is 1.53. The summed E-state index contributed by atoms with van der Waals surface area (Å²) in [6.07, 6.45) is 0.936. The third kappa shape index (κ3) is 1.88. The molecule has 1 aliphatic rings. The largest absolute Gasteiger partial charge is 0.480 e. The first kappa shape index (κ1) is 7.88. The Kier molecular flexibility index (Phi) is 2.56. The molecule has 1 aliphatic heterocycles. The molecule has 10 heavy (non-hydrogen) atoms. The topological polar surface area (TPSA) is 57.5 Å². The Morgan fingerprint density at radius 2 is 2.20 bits per heavy atom. The molecule has 1 rings (SSSR count). The van der Waals surface area contributed by atoms with Crippen molar-refractivity contribution in [1.82, 2.24) is 0 Å². The van der Waals surface area contributed by atoms with Crippen molar-refractivity contribution in [3.63, 3.8) is 0 Å². The maximum absolute atomic E-state index is 10.4. The summed E-state index contributed by atoms with van der Waals surface area (Å²) in [6, 6.07) is 0. The van der Waals surface area contributed by atoms with Crippen LogP contribution in [0.1, 0.15) is 12.8 Å². The van der Waals surface area contributed by atoms with Gasteiger partial charge in [0.2, 0.25) is 0 Å². The Balaban J connectivity index is 2.33. The van der Waals surface area contributed by atoms with Gasteiger partial charge in [0.15, 0.2) is 0 Å². The second-order valence-electron chi connectivity index (χ2n) is 2.39. The number of carbonyl (C=O) groups is 1. The van der Waals surface area contributed by atoms with Crippen LogP contribution < -0.4 is 0 Å². The lowest BCUT2D eigenvalue weighted by atomic mass is 10.1. The minimum absolute atomic E-state index is 0.289. The SMILES string of the molecule is O=C(O)[C@H]1CC[C@H](O)CS1. The molecule has 0 amide bonds. The fourth-order valence-corrected chi connectivity index (χ4v) is 2.00. The molecule has 4 heteroatoms. The first-order valence-electron chi connectivity index (χ1n) is 3.22. The quantitative estimate of drug-likeness (QED) is 0.583. The lowest BCUT2D eigenvalue weighted by Crippen LogP contribution is -2.27. The maximum Gasteiger partial charge on any atom is 0.316 e. The average Bonchev–Trinajstić information content (AvgIpc) is 1.88. The highest BCUT2D eigenvalue weighted by atomic mass is 32.2. The fraction of sp³-hybridized carbons (Fsp3) is 0.833. The molecule has 0 unspecified atom stereocenters. The van der Waals surface area contributed by atoms with Crippen molar-refractivity contribution in [2.45, 2.75) is 24.2 Å². The summed E-state index contributed by atoms with van der Waals surface area (Å²) in [4.78, 5) is 10.4. The first-order valence-corrected chi connectivity index (χ1v) is 4.27. The number of hydrogen-bond acceptors (Lipinski definition) is 3. The second-order valence-corrected chi connectivity index (χ2v) is 3.63. The van der Waals surface area contributed by atoms with Crippen molar-refractivity contribution in [3.05, 3.63) is 0 Å². The highest BCUT2D eigenvalue weighted by Gasteiger charge is 2.24. The zero-order valence-corrected chi connectivity index (χ0v) is 6.30. The van der Waals surface area contributed by atoms with Crippen LogP contribution in [0.4, 0.5) is 0 Å². The number of aliphatic hydroxyl groups excluding tert-OH is 1. The van der Waals surface area contributed by atoms with Crippen LogP contribution in [0.15, 0.2) is 0 Å². The second kappa shape index (κ2) is 3.25. The summed E-state index contributed by atoms with van der Waals surface area (Å²) in [6.45, 7) is 0. The molecule has 2 atom stereocenters. The number of aliphatic hydroxyl groups is 1. The lowest BCUT2D eigenvalue weighted by molar-refractivity contribution is -0.136. The zero-order valence-electron chi connectivity index (χ0n) is 5.49. The van der Waals surface area contributed by atoms with Crippen molar-refractivity contribution < 1.29 is 15.0 Å². The monoisotopic (exact) mass is 162 g/mol. The van der Waals surface area contributed by atoms with E-state index >= 15 is 0 Å². The van der Waals surface area contributed by atoms with E-state index in [0.29, 0.717) is 18.6 Å². The summed E-state index contributed by atoms with van der Waals surface area (Å²) in [5.74, 6) is -0.186. The van der Waals surface area contributed by atoms with Crippen molar-refractivity contribution in [2.75, 3.05) is 5.75 Å². The van der Waals surface area contributed by atoms with Crippen LogP contribution in [0.3, 0.4) is 0 Å². The van der Waals surface area contributed by atoms with Crippen molar-refractivity contribution >= 4 is 17.7 Å². The van der Waals surface area contributed by atoms with Gasteiger partial charge in [-0.25, -0.2) is 0 Å². The Hall–Kier alpha value is -0.220. The van der Waals surface area contributed by atoms with E-state index in [1.165, 1.54) is 11.8 Å². The average molecular weight is 162 g/mol. The lowest BCUT2D eigenvalue weighted by Gasteiger charge is -2.21. The predicted molar refractivity (Wildman–Crippen MR) is 39.1 cm³/mol. The number of hydrogen-bond donors (Lipinski definition) is 2. The number of carboxylic acid groups (broad SMARTS) is 1.